The SMILES string of the molecule is CC(C)(C)c1csc(NC(=O)N2CCOCC2)n1. The number of carbonyl (C=O) groups excluding carboxylic acids is 1. The maximum absolute atomic E-state index is 12.0. The van der Waals surface area contributed by atoms with Crippen molar-refractivity contribution in [1.29, 1.82) is 0 Å². The molecule has 1 aromatic rings. The van der Waals surface area contributed by atoms with Gasteiger partial charge in [-0.05, 0) is 0 Å². The van der Waals surface area contributed by atoms with Crippen molar-refractivity contribution in [2.75, 3.05) is 31.6 Å². The first-order valence-corrected chi connectivity index (χ1v) is 6.94. The van der Waals surface area contributed by atoms with E-state index in [0.717, 1.165) is 5.69 Å². The lowest BCUT2D eigenvalue weighted by atomic mass is 9.93. The number of urea groups is 1. The summed E-state index contributed by atoms with van der Waals surface area (Å²) in [6.45, 7) is 8.82. The van der Waals surface area contributed by atoms with Crippen LogP contribution in [0.5, 0.6) is 0 Å². The summed E-state index contributed by atoms with van der Waals surface area (Å²) >= 11 is 1.47. The van der Waals surface area contributed by atoms with Gasteiger partial charge in [0, 0.05) is 23.9 Å². The molecule has 18 heavy (non-hydrogen) atoms. The topological polar surface area (TPSA) is 54.5 Å². The van der Waals surface area contributed by atoms with Crippen molar-refractivity contribution in [3.8, 4) is 0 Å². The quantitative estimate of drug-likeness (QED) is 0.851. The number of amides is 2. The molecule has 0 aromatic carbocycles. The number of hydrogen-bond acceptors (Lipinski definition) is 4. The van der Waals surface area contributed by atoms with Gasteiger partial charge in [-0.2, -0.15) is 0 Å². The van der Waals surface area contributed by atoms with Gasteiger partial charge in [-0.15, -0.1) is 11.3 Å². The average Bonchev–Trinajstić information content (AvgIpc) is 2.78. The van der Waals surface area contributed by atoms with E-state index in [1.165, 1.54) is 11.3 Å². The van der Waals surface area contributed by atoms with Gasteiger partial charge in [-0.1, -0.05) is 20.8 Å². The van der Waals surface area contributed by atoms with Crippen LogP contribution in [0, 0.1) is 0 Å². The van der Waals surface area contributed by atoms with Crippen LogP contribution in [0.25, 0.3) is 0 Å². The fourth-order valence-corrected chi connectivity index (χ4v) is 2.54. The van der Waals surface area contributed by atoms with E-state index >= 15 is 0 Å². The third kappa shape index (κ3) is 3.20. The van der Waals surface area contributed by atoms with Gasteiger partial charge in [0.15, 0.2) is 5.13 Å². The van der Waals surface area contributed by atoms with Crippen LogP contribution in [0.2, 0.25) is 0 Å². The average molecular weight is 269 g/mol. The van der Waals surface area contributed by atoms with Crippen molar-refractivity contribution in [3.05, 3.63) is 11.1 Å². The lowest BCUT2D eigenvalue weighted by Crippen LogP contribution is -2.43. The van der Waals surface area contributed by atoms with Gasteiger partial charge < -0.3 is 9.64 Å². The van der Waals surface area contributed by atoms with Crippen molar-refractivity contribution in [1.82, 2.24) is 9.88 Å². The number of ether oxygens (including phenoxy) is 1. The predicted octanol–water partition coefficient (Wildman–Crippen LogP) is 2.30. The van der Waals surface area contributed by atoms with E-state index in [9.17, 15) is 4.79 Å². The predicted molar refractivity (Wildman–Crippen MR) is 72.2 cm³/mol. The van der Waals surface area contributed by atoms with Crippen molar-refractivity contribution >= 4 is 22.5 Å². The highest BCUT2D eigenvalue weighted by atomic mass is 32.1. The van der Waals surface area contributed by atoms with E-state index in [2.05, 4.69) is 31.1 Å². The number of carbonyl (C=O) groups is 1. The van der Waals surface area contributed by atoms with Crippen LogP contribution in [0.4, 0.5) is 9.93 Å². The molecule has 5 nitrogen and oxygen atoms in total. The van der Waals surface area contributed by atoms with Crippen molar-refractivity contribution in [2.45, 2.75) is 26.2 Å². The van der Waals surface area contributed by atoms with Gasteiger partial charge in [0.1, 0.15) is 0 Å². The highest BCUT2D eigenvalue weighted by Gasteiger charge is 2.20. The monoisotopic (exact) mass is 269 g/mol. The molecular formula is C12H19N3O2S. The molecule has 0 atom stereocenters. The first kappa shape index (κ1) is 13.3. The molecule has 0 spiro atoms. The Bertz CT molecular complexity index is 419. The number of morpholine rings is 1. The Morgan fingerprint density at radius 3 is 2.67 bits per heavy atom. The van der Waals surface area contributed by atoms with E-state index in [0.29, 0.717) is 31.4 Å². The molecule has 6 heteroatoms. The molecular weight excluding hydrogens is 250 g/mol. The zero-order valence-electron chi connectivity index (χ0n) is 11.0. The summed E-state index contributed by atoms with van der Waals surface area (Å²) < 4.78 is 5.21. The number of nitrogens with one attached hydrogen (secondary N) is 1. The van der Waals surface area contributed by atoms with Gasteiger partial charge in [-0.3, -0.25) is 5.32 Å². The van der Waals surface area contributed by atoms with E-state index in [-0.39, 0.29) is 11.4 Å². The third-order valence-electron chi connectivity index (χ3n) is 2.78. The number of nitrogens with zero attached hydrogens (tertiary/aromatic N) is 2. The molecule has 1 aliphatic heterocycles. The molecule has 0 radical (unpaired) electrons. The molecule has 0 aliphatic carbocycles. The maximum atomic E-state index is 12.0. The third-order valence-corrected chi connectivity index (χ3v) is 3.54. The molecule has 1 aliphatic rings. The number of anilines is 1. The van der Waals surface area contributed by atoms with Crippen LogP contribution in [-0.2, 0) is 10.2 Å². The Labute approximate surface area is 111 Å². The summed E-state index contributed by atoms with van der Waals surface area (Å²) in [7, 11) is 0. The molecule has 2 heterocycles. The Kier molecular flexibility index (Phi) is 3.87. The molecule has 1 saturated heterocycles. The number of aromatic nitrogens is 1. The molecule has 2 rings (SSSR count). The van der Waals surface area contributed by atoms with Crippen molar-refractivity contribution < 1.29 is 9.53 Å². The Balaban J connectivity index is 1.96. The normalized spacial score (nSPS) is 16.7. The standard InChI is InChI=1S/C12H19N3O2S/c1-12(2,3)9-8-18-10(13-9)14-11(16)15-4-6-17-7-5-15/h8H,4-7H2,1-3H3,(H,13,14,16). The smallest absolute Gasteiger partial charge is 0.323 e. The second-order valence-corrected chi connectivity index (χ2v) is 6.18. The van der Waals surface area contributed by atoms with Crippen molar-refractivity contribution in [3.63, 3.8) is 0 Å². The Morgan fingerprint density at radius 2 is 2.11 bits per heavy atom. The lowest BCUT2D eigenvalue weighted by Gasteiger charge is -2.26. The largest absolute Gasteiger partial charge is 0.378 e. The number of thiazole rings is 1. The molecule has 0 unspecified atom stereocenters. The van der Waals surface area contributed by atoms with Crippen molar-refractivity contribution in [2.24, 2.45) is 0 Å². The van der Waals surface area contributed by atoms with Gasteiger partial charge in [0.05, 0.1) is 18.9 Å². The van der Waals surface area contributed by atoms with Crippen LogP contribution >= 0.6 is 11.3 Å². The zero-order valence-corrected chi connectivity index (χ0v) is 11.8. The minimum absolute atomic E-state index is 0.0123. The summed E-state index contributed by atoms with van der Waals surface area (Å²) in [5.41, 5.74) is 1.02. The molecule has 1 aromatic heterocycles. The van der Waals surface area contributed by atoms with Crippen LogP contribution in [0.15, 0.2) is 5.38 Å². The lowest BCUT2D eigenvalue weighted by molar-refractivity contribution is 0.0564. The minimum Gasteiger partial charge on any atom is -0.378 e. The fraction of sp³-hybridized carbons (Fsp3) is 0.667. The van der Waals surface area contributed by atoms with E-state index in [1.54, 1.807) is 4.90 Å². The minimum atomic E-state index is -0.0897. The number of hydrogen-bond donors (Lipinski definition) is 1. The molecule has 100 valence electrons. The molecule has 0 bridgehead atoms. The van der Waals surface area contributed by atoms with E-state index < -0.39 is 0 Å². The van der Waals surface area contributed by atoms with E-state index in [4.69, 9.17) is 4.74 Å². The summed E-state index contributed by atoms with van der Waals surface area (Å²) in [5.74, 6) is 0. The molecule has 1 fully saturated rings. The fourth-order valence-electron chi connectivity index (χ4n) is 1.61. The van der Waals surface area contributed by atoms with E-state index in [1.807, 2.05) is 5.38 Å². The number of rotatable bonds is 1. The van der Waals surface area contributed by atoms with Gasteiger partial charge in [0.25, 0.3) is 0 Å². The van der Waals surface area contributed by atoms with Gasteiger partial charge in [-0.25, -0.2) is 9.78 Å². The second-order valence-electron chi connectivity index (χ2n) is 5.32. The van der Waals surface area contributed by atoms with Gasteiger partial charge in [0.2, 0.25) is 0 Å². The van der Waals surface area contributed by atoms with Crippen LogP contribution in [0.3, 0.4) is 0 Å². The van der Waals surface area contributed by atoms with Crippen LogP contribution in [0.1, 0.15) is 26.5 Å². The summed E-state index contributed by atoms with van der Waals surface area (Å²) in [4.78, 5) is 18.1. The first-order valence-electron chi connectivity index (χ1n) is 6.06. The van der Waals surface area contributed by atoms with Crippen LogP contribution in [-0.4, -0.2) is 42.2 Å². The summed E-state index contributed by atoms with van der Waals surface area (Å²) in [6.07, 6.45) is 0. The highest BCUT2D eigenvalue weighted by Crippen LogP contribution is 2.26. The molecule has 0 saturated carbocycles. The zero-order chi connectivity index (χ0) is 13.2. The Morgan fingerprint density at radius 1 is 1.44 bits per heavy atom. The molecule has 1 N–H and O–H groups in total. The maximum Gasteiger partial charge on any atom is 0.323 e. The van der Waals surface area contributed by atoms with Crippen LogP contribution < -0.4 is 5.32 Å². The first-order chi connectivity index (χ1) is 8.47. The summed E-state index contributed by atoms with van der Waals surface area (Å²) in [5, 5.41) is 5.50. The summed E-state index contributed by atoms with van der Waals surface area (Å²) in [6, 6.07) is -0.0897. The highest BCUT2D eigenvalue weighted by molar-refractivity contribution is 7.13. The second kappa shape index (κ2) is 5.24. The van der Waals surface area contributed by atoms with Gasteiger partial charge >= 0.3 is 6.03 Å². The molecule has 2 amide bonds. The Hall–Kier alpha value is -1.14.